The van der Waals surface area contributed by atoms with Crippen LogP contribution >= 0.6 is 10.7 Å². The molecule has 0 spiro atoms. The molecule has 0 bridgehead atoms. The van der Waals surface area contributed by atoms with Crippen LogP contribution < -0.4 is 5.32 Å². The second-order valence-electron chi connectivity index (χ2n) is 5.34. The summed E-state index contributed by atoms with van der Waals surface area (Å²) in [7, 11) is 1.16. The van der Waals surface area contributed by atoms with E-state index in [9.17, 15) is 17.6 Å². The van der Waals surface area contributed by atoms with Crippen LogP contribution in [-0.4, -0.2) is 14.3 Å². The molecule has 4 nitrogen and oxygen atoms in total. The van der Waals surface area contributed by atoms with E-state index in [0.29, 0.717) is 12.3 Å². The summed E-state index contributed by atoms with van der Waals surface area (Å²) in [6, 6.07) is 3.18. The quantitative estimate of drug-likeness (QED) is 0.855. The third-order valence-corrected chi connectivity index (χ3v) is 5.05. The van der Waals surface area contributed by atoms with Crippen molar-refractivity contribution in [1.82, 2.24) is 0 Å². The molecule has 0 unspecified atom stereocenters. The highest BCUT2D eigenvalue weighted by atomic mass is 35.7. The van der Waals surface area contributed by atoms with Gasteiger partial charge in [0.15, 0.2) is 0 Å². The van der Waals surface area contributed by atoms with Crippen molar-refractivity contribution in [2.75, 3.05) is 5.32 Å². The predicted octanol–water partition coefficient (Wildman–Crippen LogP) is 3.66. The number of hydrogen-bond acceptors (Lipinski definition) is 3. The van der Waals surface area contributed by atoms with E-state index >= 15 is 0 Å². The number of amides is 1. The molecule has 0 aliphatic heterocycles. The molecule has 1 aromatic carbocycles. The molecular weight excluding hydrogens is 317 g/mol. The Bertz CT molecular complexity index is 627. The average molecular weight is 334 g/mol. The molecule has 116 valence electrons. The Kier molecular flexibility index (Phi) is 5.22. The SMILES string of the molecule is O=C(CC1CCCCC1)Nc1ccc(S(=O)(=O)Cl)cc1F. The third kappa shape index (κ3) is 4.68. The highest BCUT2D eigenvalue weighted by Gasteiger charge is 2.19. The van der Waals surface area contributed by atoms with E-state index < -0.39 is 14.9 Å². The molecule has 1 saturated carbocycles. The Morgan fingerprint density at radius 1 is 1.29 bits per heavy atom. The number of nitrogens with one attached hydrogen (secondary N) is 1. The number of hydrogen-bond donors (Lipinski definition) is 1. The Labute approximate surface area is 128 Å². The van der Waals surface area contributed by atoms with E-state index in [-0.39, 0.29) is 16.5 Å². The number of carbonyl (C=O) groups is 1. The number of rotatable bonds is 4. The minimum atomic E-state index is -3.97. The molecular formula is C14H17ClFNO3S. The van der Waals surface area contributed by atoms with Crippen molar-refractivity contribution in [3.8, 4) is 0 Å². The second kappa shape index (κ2) is 6.75. The number of benzene rings is 1. The lowest BCUT2D eigenvalue weighted by Crippen LogP contribution is -2.19. The molecule has 21 heavy (non-hydrogen) atoms. The van der Waals surface area contributed by atoms with Crippen molar-refractivity contribution in [3.05, 3.63) is 24.0 Å². The monoisotopic (exact) mass is 333 g/mol. The van der Waals surface area contributed by atoms with Gasteiger partial charge in [0.2, 0.25) is 5.91 Å². The molecule has 1 amide bonds. The van der Waals surface area contributed by atoms with Gasteiger partial charge in [-0.3, -0.25) is 4.79 Å². The van der Waals surface area contributed by atoms with E-state index in [1.165, 1.54) is 18.6 Å². The van der Waals surface area contributed by atoms with Gasteiger partial charge >= 0.3 is 0 Å². The molecule has 0 saturated heterocycles. The minimum absolute atomic E-state index is 0.0279. The average Bonchev–Trinajstić information content (AvgIpc) is 2.41. The summed E-state index contributed by atoms with van der Waals surface area (Å²) in [4.78, 5) is 11.6. The predicted molar refractivity (Wildman–Crippen MR) is 79.3 cm³/mol. The topological polar surface area (TPSA) is 63.2 Å². The maximum absolute atomic E-state index is 13.8. The molecule has 0 radical (unpaired) electrons. The normalized spacial score (nSPS) is 16.7. The summed E-state index contributed by atoms with van der Waals surface area (Å²) in [5, 5.41) is 2.48. The number of halogens is 2. The van der Waals surface area contributed by atoms with Crippen molar-refractivity contribution >= 4 is 31.3 Å². The summed E-state index contributed by atoms with van der Waals surface area (Å²) < 4.78 is 36.0. The number of anilines is 1. The van der Waals surface area contributed by atoms with Crippen LogP contribution in [0.3, 0.4) is 0 Å². The Morgan fingerprint density at radius 3 is 2.52 bits per heavy atom. The minimum Gasteiger partial charge on any atom is -0.324 e. The second-order valence-corrected chi connectivity index (χ2v) is 7.90. The lowest BCUT2D eigenvalue weighted by atomic mass is 9.87. The summed E-state index contributed by atoms with van der Waals surface area (Å²) in [5.41, 5.74) is -0.0279. The van der Waals surface area contributed by atoms with Crippen LogP contribution in [0.4, 0.5) is 10.1 Å². The first-order valence-electron chi connectivity index (χ1n) is 6.90. The summed E-state index contributed by atoms with van der Waals surface area (Å²) >= 11 is 0. The van der Waals surface area contributed by atoms with Crippen LogP contribution in [0.5, 0.6) is 0 Å². The van der Waals surface area contributed by atoms with E-state index in [0.717, 1.165) is 31.7 Å². The Hall–Kier alpha value is -1.14. The van der Waals surface area contributed by atoms with Gasteiger partial charge in [-0.25, -0.2) is 12.8 Å². The summed E-state index contributed by atoms with van der Waals surface area (Å²) in [6.45, 7) is 0. The van der Waals surface area contributed by atoms with Gasteiger partial charge in [-0.05, 0) is 37.0 Å². The first kappa shape index (κ1) is 16.2. The number of carbonyl (C=O) groups excluding carboxylic acids is 1. The summed E-state index contributed by atoms with van der Waals surface area (Å²) in [6.07, 6.45) is 5.90. The standard InChI is InChI=1S/C14H17ClFNO3S/c15-21(19,20)11-6-7-13(12(16)9-11)17-14(18)8-10-4-2-1-3-5-10/h6-7,9-10H,1-5,8H2,(H,17,18). The fraction of sp³-hybridized carbons (Fsp3) is 0.500. The van der Waals surface area contributed by atoms with Crippen LogP contribution in [0.1, 0.15) is 38.5 Å². The van der Waals surface area contributed by atoms with Crippen molar-refractivity contribution in [3.63, 3.8) is 0 Å². The van der Waals surface area contributed by atoms with Gasteiger partial charge in [-0.15, -0.1) is 0 Å². The van der Waals surface area contributed by atoms with Gasteiger partial charge < -0.3 is 5.32 Å². The van der Waals surface area contributed by atoms with Crippen LogP contribution in [0.25, 0.3) is 0 Å². The van der Waals surface area contributed by atoms with Gasteiger partial charge in [-0.1, -0.05) is 19.3 Å². The molecule has 1 aromatic rings. The molecule has 0 aromatic heterocycles. The van der Waals surface area contributed by atoms with Crippen LogP contribution in [0.15, 0.2) is 23.1 Å². The first-order valence-corrected chi connectivity index (χ1v) is 9.21. The van der Waals surface area contributed by atoms with Crippen molar-refractivity contribution < 1.29 is 17.6 Å². The van der Waals surface area contributed by atoms with Crippen LogP contribution in [0.2, 0.25) is 0 Å². The lowest BCUT2D eigenvalue weighted by Gasteiger charge is -2.20. The lowest BCUT2D eigenvalue weighted by molar-refractivity contribution is -0.117. The zero-order valence-corrected chi connectivity index (χ0v) is 13.0. The zero-order valence-electron chi connectivity index (χ0n) is 11.4. The highest BCUT2D eigenvalue weighted by Crippen LogP contribution is 2.27. The smallest absolute Gasteiger partial charge is 0.261 e. The maximum Gasteiger partial charge on any atom is 0.261 e. The van der Waals surface area contributed by atoms with Gasteiger partial charge in [0.05, 0.1) is 10.6 Å². The first-order chi connectivity index (χ1) is 9.86. The van der Waals surface area contributed by atoms with Crippen LogP contribution in [0, 0.1) is 11.7 Å². The molecule has 7 heteroatoms. The van der Waals surface area contributed by atoms with Gasteiger partial charge in [0.25, 0.3) is 9.05 Å². The molecule has 1 aliphatic carbocycles. The Balaban J connectivity index is 2.00. The molecule has 1 aliphatic rings. The van der Waals surface area contributed by atoms with Gasteiger partial charge in [0, 0.05) is 17.1 Å². The fourth-order valence-corrected chi connectivity index (χ4v) is 3.37. The van der Waals surface area contributed by atoms with Crippen molar-refractivity contribution in [1.29, 1.82) is 0 Å². The molecule has 0 atom stereocenters. The zero-order chi connectivity index (χ0) is 15.5. The highest BCUT2D eigenvalue weighted by molar-refractivity contribution is 8.13. The third-order valence-electron chi connectivity index (χ3n) is 3.69. The van der Waals surface area contributed by atoms with Gasteiger partial charge in [0.1, 0.15) is 5.82 Å². The molecule has 1 fully saturated rings. The maximum atomic E-state index is 13.8. The van der Waals surface area contributed by atoms with Crippen molar-refractivity contribution in [2.24, 2.45) is 5.92 Å². The van der Waals surface area contributed by atoms with E-state index in [1.807, 2.05) is 0 Å². The van der Waals surface area contributed by atoms with E-state index in [4.69, 9.17) is 10.7 Å². The molecule has 2 rings (SSSR count). The summed E-state index contributed by atoms with van der Waals surface area (Å²) in [5.74, 6) is -0.708. The van der Waals surface area contributed by atoms with Crippen LogP contribution in [-0.2, 0) is 13.8 Å². The Morgan fingerprint density at radius 2 is 1.95 bits per heavy atom. The molecule has 1 N–H and O–H groups in total. The van der Waals surface area contributed by atoms with E-state index in [1.54, 1.807) is 0 Å². The van der Waals surface area contributed by atoms with Crippen molar-refractivity contribution in [2.45, 2.75) is 43.4 Å². The fourth-order valence-electron chi connectivity index (χ4n) is 2.60. The largest absolute Gasteiger partial charge is 0.324 e. The molecule has 0 heterocycles. The van der Waals surface area contributed by atoms with Gasteiger partial charge in [-0.2, -0.15) is 0 Å². The van der Waals surface area contributed by atoms with E-state index in [2.05, 4.69) is 5.32 Å².